The van der Waals surface area contributed by atoms with Crippen LogP contribution < -0.4 is 19.5 Å². The summed E-state index contributed by atoms with van der Waals surface area (Å²) in [6, 6.07) is 15.1. The van der Waals surface area contributed by atoms with Gasteiger partial charge in [0.25, 0.3) is 11.6 Å². The van der Waals surface area contributed by atoms with E-state index in [4.69, 9.17) is 14.2 Å². The second-order valence-electron chi connectivity index (χ2n) is 6.96. The number of carbonyl (C=O) groups is 1. The number of fused-ring (bicyclic) bond motifs is 1. The largest absolute Gasteiger partial charge is 0.497 e. The molecule has 33 heavy (non-hydrogen) atoms. The molecule has 0 saturated heterocycles. The van der Waals surface area contributed by atoms with Gasteiger partial charge in [-0.15, -0.1) is 0 Å². The number of hydrogen-bond acceptors (Lipinski definition) is 7. The fourth-order valence-electron chi connectivity index (χ4n) is 3.19. The number of nitrogens with zero attached hydrogens (tertiary/aromatic N) is 3. The standard InChI is InChI=1S/C23H20N4O6/c1-31-18-8-9-19(21(11-18)32-2)25-23(28)14-33-17-6-3-15(4-7-17)20-13-26-12-16(27(29)30)5-10-22(26)24-20/h3-13H,14H2,1-2H3,(H,25,28). The number of imidazole rings is 1. The van der Waals surface area contributed by atoms with Gasteiger partial charge in [0.15, 0.2) is 6.61 Å². The molecule has 0 aliphatic heterocycles. The van der Waals surface area contributed by atoms with Crippen molar-refractivity contribution in [3.05, 3.63) is 77.1 Å². The molecule has 2 aromatic carbocycles. The third kappa shape index (κ3) is 4.85. The van der Waals surface area contributed by atoms with Gasteiger partial charge in [-0.1, -0.05) is 0 Å². The van der Waals surface area contributed by atoms with Crippen molar-refractivity contribution in [2.45, 2.75) is 0 Å². The van der Waals surface area contributed by atoms with Crippen molar-refractivity contribution in [3.8, 4) is 28.5 Å². The fourth-order valence-corrected chi connectivity index (χ4v) is 3.19. The third-order valence-electron chi connectivity index (χ3n) is 4.85. The van der Waals surface area contributed by atoms with E-state index in [1.807, 2.05) is 0 Å². The molecular weight excluding hydrogens is 428 g/mol. The van der Waals surface area contributed by atoms with Crippen molar-refractivity contribution in [1.29, 1.82) is 0 Å². The van der Waals surface area contributed by atoms with Crippen molar-refractivity contribution in [2.75, 3.05) is 26.1 Å². The minimum absolute atomic E-state index is 0.0132. The Balaban J connectivity index is 1.39. The number of aromatic nitrogens is 2. The smallest absolute Gasteiger partial charge is 0.286 e. The monoisotopic (exact) mass is 448 g/mol. The van der Waals surface area contributed by atoms with Crippen LogP contribution in [0.4, 0.5) is 11.4 Å². The van der Waals surface area contributed by atoms with Gasteiger partial charge < -0.3 is 19.5 Å². The van der Waals surface area contributed by atoms with Gasteiger partial charge in [-0.2, -0.15) is 0 Å². The van der Waals surface area contributed by atoms with Crippen LogP contribution >= 0.6 is 0 Å². The maximum atomic E-state index is 12.3. The number of nitro groups is 1. The Hall–Kier alpha value is -4.60. The molecule has 0 radical (unpaired) electrons. The highest BCUT2D eigenvalue weighted by Crippen LogP contribution is 2.29. The van der Waals surface area contributed by atoms with Crippen LogP contribution in [0.2, 0.25) is 0 Å². The Bertz CT molecular complexity index is 1320. The number of carbonyl (C=O) groups excluding carboxylic acids is 1. The Morgan fingerprint density at radius 1 is 1.03 bits per heavy atom. The number of amides is 1. The predicted molar refractivity (Wildman–Crippen MR) is 121 cm³/mol. The van der Waals surface area contributed by atoms with Gasteiger partial charge in [-0.25, -0.2) is 4.98 Å². The van der Waals surface area contributed by atoms with Crippen LogP contribution in [0.5, 0.6) is 17.2 Å². The summed E-state index contributed by atoms with van der Waals surface area (Å²) in [5.74, 6) is 1.26. The molecule has 2 aromatic heterocycles. The second-order valence-corrected chi connectivity index (χ2v) is 6.96. The fraction of sp³-hybridized carbons (Fsp3) is 0.130. The molecule has 4 aromatic rings. The minimum Gasteiger partial charge on any atom is -0.497 e. The van der Waals surface area contributed by atoms with Crippen LogP contribution in [0.3, 0.4) is 0 Å². The first-order chi connectivity index (χ1) is 16.0. The first kappa shape index (κ1) is 21.6. The molecule has 1 N–H and O–H groups in total. The number of rotatable bonds is 8. The molecule has 0 unspecified atom stereocenters. The van der Waals surface area contributed by atoms with Crippen LogP contribution in [0.25, 0.3) is 16.9 Å². The first-order valence-corrected chi connectivity index (χ1v) is 9.85. The van der Waals surface area contributed by atoms with Crippen molar-refractivity contribution in [3.63, 3.8) is 0 Å². The van der Waals surface area contributed by atoms with Gasteiger partial charge in [0.1, 0.15) is 22.9 Å². The highest BCUT2D eigenvalue weighted by molar-refractivity contribution is 5.93. The lowest BCUT2D eigenvalue weighted by atomic mass is 10.2. The van der Waals surface area contributed by atoms with Crippen molar-refractivity contribution in [1.82, 2.24) is 9.38 Å². The van der Waals surface area contributed by atoms with Crippen LogP contribution in [-0.4, -0.2) is 41.0 Å². The number of benzene rings is 2. The molecule has 0 aliphatic rings. The minimum atomic E-state index is -0.452. The van der Waals surface area contributed by atoms with Gasteiger partial charge >= 0.3 is 0 Å². The Morgan fingerprint density at radius 3 is 2.48 bits per heavy atom. The lowest BCUT2D eigenvalue weighted by molar-refractivity contribution is -0.385. The molecule has 1 amide bonds. The summed E-state index contributed by atoms with van der Waals surface area (Å²) in [5.41, 5.74) is 2.56. The predicted octanol–water partition coefficient (Wildman–Crippen LogP) is 3.94. The van der Waals surface area contributed by atoms with Gasteiger partial charge in [0.2, 0.25) is 0 Å². The van der Waals surface area contributed by atoms with Crippen LogP contribution in [0, 0.1) is 10.1 Å². The summed E-state index contributed by atoms with van der Waals surface area (Å²) in [5, 5.41) is 13.7. The van der Waals surface area contributed by atoms with Crippen molar-refractivity contribution < 1.29 is 23.9 Å². The number of nitrogens with one attached hydrogen (secondary N) is 1. The van der Waals surface area contributed by atoms with Crippen LogP contribution in [0.15, 0.2) is 67.0 Å². The van der Waals surface area contributed by atoms with E-state index in [2.05, 4.69) is 10.3 Å². The number of pyridine rings is 1. The molecule has 10 heteroatoms. The average Bonchev–Trinajstić information content (AvgIpc) is 3.26. The molecule has 4 rings (SSSR count). The SMILES string of the molecule is COc1ccc(NC(=O)COc2ccc(-c3cn4cc([N+](=O)[O-])ccc4n3)cc2)c(OC)c1. The Morgan fingerprint density at radius 2 is 1.79 bits per heavy atom. The molecule has 0 spiro atoms. The zero-order chi connectivity index (χ0) is 23.4. The summed E-state index contributed by atoms with van der Waals surface area (Å²) >= 11 is 0. The molecule has 0 fully saturated rings. The maximum absolute atomic E-state index is 12.3. The molecule has 0 aliphatic carbocycles. The highest BCUT2D eigenvalue weighted by Gasteiger charge is 2.12. The van der Waals surface area contributed by atoms with Crippen LogP contribution in [0.1, 0.15) is 0 Å². The van der Waals surface area contributed by atoms with Crippen molar-refractivity contribution in [2.24, 2.45) is 0 Å². The van der Waals surface area contributed by atoms with E-state index in [1.54, 1.807) is 66.2 Å². The second kappa shape index (κ2) is 9.27. The van der Waals surface area contributed by atoms with Crippen LogP contribution in [-0.2, 0) is 4.79 Å². The summed E-state index contributed by atoms with van der Waals surface area (Å²) < 4.78 is 17.6. The number of methoxy groups -OCH3 is 2. The lowest BCUT2D eigenvalue weighted by Crippen LogP contribution is -2.20. The van der Waals surface area contributed by atoms with E-state index in [-0.39, 0.29) is 18.2 Å². The molecular formula is C23H20N4O6. The Kier molecular flexibility index (Phi) is 6.07. The topological polar surface area (TPSA) is 117 Å². The van der Waals surface area contributed by atoms with Crippen molar-refractivity contribution >= 4 is 22.9 Å². The van der Waals surface area contributed by atoms with E-state index in [1.165, 1.54) is 19.4 Å². The van der Waals surface area contributed by atoms with Gasteiger partial charge in [0, 0.05) is 23.9 Å². The average molecular weight is 448 g/mol. The summed E-state index contributed by atoms with van der Waals surface area (Å²) in [6.07, 6.45) is 3.13. The number of hydrogen-bond donors (Lipinski definition) is 1. The van der Waals surface area contributed by atoms with Gasteiger partial charge in [-0.05, 0) is 42.5 Å². The van der Waals surface area contributed by atoms with E-state index in [0.29, 0.717) is 34.3 Å². The summed E-state index contributed by atoms with van der Waals surface area (Å²) in [4.78, 5) is 27.3. The quantitative estimate of drug-likeness (QED) is 0.320. The molecule has 2 heterocycles. The normalized spacial score (nSPS) is 10.6. The first-order valence-electron chi connectivity index (χ1n) is 9.85. The number of ether oxygens (including phenoxy) is 3. The summed E-state index contributed by atoms with van der Waals surface area (Å²) in [7, 11) is 3.06. The lowest BCUT2D eigenvalue weighted by Gasteiger charge is -2.12. The zero-order valence-electron chi connectivity index (χ0n) is 17.8. The molecule has 10 nitrogen and oxygen atoms in total. The Labute approximate surface area is 188 Å². The zero-order valence-corrected chi connectivity index (χ0v) is 17.8. The molecule has 0 atom stereocenters. The molecule has 0 saturated carbocycles. The van der Waals surface area contributed by atoms with Gasteiger partial charge in [0.05, 0.1) is 36.7 Å². The molecule has 168 valence electrons. The molecule has 0 bridgehead atoms. The van der Waals surface area contributed by atoms with E-state index < -0.39 is 4.92 Å². The van der Waals surface area contributed by atoms with E-state index in [9.17, 15) is 14.9 Å². The van der Waals surface area contributed by atoms with E-state index >= 15 is 0 Å². The van der Waals surface area contributed by atoms with Gasteiger partial charge in [-0.3, -0.25) is 19.3 Å². The van der Waals surface area contributed by atoms with E-state index in [0.717, 1.165) is 5.56 Å². The third-order valence-corrected chi connectivity index (χ3v) is 4.85. The highest BCUT2D eigenvalue weighted by atomic mass is 16.6. The maximum Gasteiger partial charge on any atom is 0.286 e. The number of anilines is 1. The summed E-state index contributed by atoms with van der Waals surface area (Å²) in [6.45, 7) is -0.188.